The van der Waals surface area contributed by atoms with Gasteiger partial charge in [0.25, 0.3) is 11.2 Å². The van der Waals surface area contributed by atoms with Gasteiger partial charge in [-0.2, -0.15) is 9.78 Å². The Kier molecular flexibility index (Phi) is 3.45. The quantitative estimate of drug-likeness (QED) is 0.545. The summed E-state index contributed by atoms with van der Waals surface area (Å²) in [5, 5.41) is 15.3. The molecule has 0 saturated carbocycles. The van der Waals surface area contributed by atoms with Crippen LogP contribution in [0.2, 0.25) is 0 Å². The molecule has 0 spiro atoms. The van der Waals surface area contributed by atoms with E-state index in [1.165, 1.54) is 24.3 Å². The lowest BCUT2D eigenvalue weighted by Crippen LogP contribution is -2.21. The summed E-state index contributed by atoms with van der Waals surface area (Å²) in [7, 11) is 0. The summed E-state index contributed by atoms with van der Waals surface area (Å²) in [5.74, 6) is 0. The Hall–Kier alpha value is -3.35. The van der Waals surface area contributed by atoms with Crippen LogP contribution in [0.25, 0.3) is 16.9 Å². The van der Waals surface area contributed by atoms with Gasteiger partial charge in [-0.05, 0) is 24.3 Å². The van der Waals surface area contributed by atoms with Crippen molar-refractivity contribution in [2.45, 2.75) is 0 Å². The van der Waals surface area contributed by atoms with Crippen LogP contribution < -0.4 is 5.56 Å². The normalized spacial score (nSPS) is 10.4. The number of nitrogens with zero attached hydrogens (tertiary/aromatic N) is 4. The van der Waals surface area contributed by atoms with Gasteiger partial charge in [0.05, 0.1) is 10.6 Å². The first-order valence-corrected chi connectivity index (χ1v) is 6.41. The lowest BCUT2D eigenvalue weighted by molar-refractivity contribution is -0.384. The minimum atomic E-state index is -0.541. The molecule has 108 valence electrons. The van der Waals surface area contributed by atoms with Gasteiger partial charge >= 0.3 is 0 Å². The Morgan fingerprint density at radius 1 is 1.05 bits per heavy atom. The molecule has 2 aromatic heterocycles. The van der Waals surface area contributed by atoms with Gasteiger partial charge in [-0.15, -0.1) is 0 Å². The lowest BCUT2D eigenvalue weighted by Gasteiger charge is -2.07. The van der Waals surface area contributed by atoms with Crippen molar-refractivity contribution in [3.63, 3.8) is 0 Å². The highest BCUT2D eigenvalue weighted by atomic mass is 16.6. The van der Waals surface area contributed by atoms with E-state index in [9.17, 15) is 14.9 Å². The zero-order valence-corrected chi connectivity index (χ0v) is 11.3. The van der Waals surface area contributed by atoms with Crippen molar-refractivity contribution >= 4 is 5.69 Å². The Balaban J connectivity index is 2.20. The van der Waals surface area contributed by atoms with E-state index in [0.717, 1.165) is 10.2 Å². The Morgan fingerprint density at radius 2 is 1.86 bits per heavy atom. The number of hydrogen-bond donors (Lipinski definition) is 0. The molecule has 0 atom stereocenters. The summed E-state index contributed by atoms with van der Waals surface area (Å²) in [6, 6.07) is 12.4. The topological polar surface area (TPSA) is 90.9 Å². The molecule has 0 aliphatic carbocycles. The monoisotopic (exact) mass is 294 g/mol. The number of benzene rings is 1. The molecule has 0 fully saturated rings. The van der Waals surface area contributed by atoms with Gasteiger partial charge in [-0.3, -0.25) is 19.9 Å². The van der Waals surface area contributed by atoms with Gasteiger partial charge in [0, 0.05) is 30.1 Å². The molecule has 0 bridgehead atoms. The second kappa shape index (κ2) is 5.57. The van der Waals surface area contributed by atoms with Crippen LogP contribution in [0.15, 0.2) is 65.7 Å². The van der Waals surface area contributed by atoms with Gasteiger partial charge in [0.1, 0.15) is 5.69 Å². The molecule has 1 aromatic carbocycles. The molecule has 7 nitrogen and oxygen atoms in total. The molecule has 0 saturated heterocycles. The van der Waals surface area contributed by atoms with Crippen LogP contribution >= 0.6 is 0 Å². The van der Waals surface area contributed by atoms with Crippen molar-refractivity contribution in [2.75, 3.05) is 0 Å². The Bertz CT molecular complexity index is 891. The minimum absolute atomic E-state index is 0.128. The van der Waals surface area contributed by atoms with Gasteiger partial charge < -0.3 is 0 Å². The predicted octanol–water partition coefficient (Wildman–Crippen LogP) is 2.20. The molecular formula is C15H10N4O3. The number of pyridine rings is 1. The number of nitro benzene ring substituents is 1. The van der Waals surface area contributed by atoms with E-state index < -0.39 is 10.5 Å². The summed E-state index contributed by atoms with van der Waals surface area (Å²) in [6.07, 6.45) is 3.23. The molecule has 0 radical (unpaired) electrons. The first kappa shape index (κ1) is 13.6. The van der Waals surface area contributed by atoms with Gasteiger partial charge in [0.15, 0.2) is 0 Å². The van der Waals surface area contributed by atoms with Crippen molar-refractivity contribution in [2.24, 2.45) is 0 Å². The van der Waals surface area contributed by atoms with Crippen molar-refractivity contribution in [3.8, 4) is 16.9 Å². The molecule has 0 unspecified atom stereocenters. The average Bonchev–Trinajstić information content (AvgIpc) is 2.56. The first-order chi connectivity index (χ1) is 10.7. The second-order valence-electron chi connectivity index (χ2n) is 4.46. The fraction of sp³-hybridized carbons (Fsp3) is 0. The van der Waals surface area contributed by atoms with Crippen molar-refractivity contribution in [1.29, 1.82) is 0 Å². The Morgan fingerprint density at radius 3 is 2.59 bits per heavy atom. The van der Waals surface area contributed by atoms with Crippen LogP contribution in [-0.2, 0) is 0 Å². The van der Waals surface area contributed by atoms with Gasteiger partial charge in [0.2, 0.25) is 0 Å². The largest absolute Gasteiger partial charge is 0.295 e. The Labute approximate surface area is 124 Å². The van der Waals surface area contributed by atoms with E-state index in [1.807, 2.05) is 0 Å². The number of rotatable bonds is 3. The van der Waals surface area contributed by atoms with E-state index in [2.05, 4.69) is 10.1 Å². The molecule has 3 aromatic rings. The molecule has 0 amide bonds. The van der Waals surface area contributed by atoms with Crippen LogP contribution in [0.3, 0.4) is 0 Å². The standard InChI is InChI=1S/C15H10N4O3/c20-15-8-7-12(11-4-3-9-16-10-11)17-18(15)13-5-1-2-6-14(13)19(21)22/h1-10H. The van der Waals surface area contributed by atoms with Crippen LogP contribution in [-0.4, -0.2) is 19.7 Å². The molecule has 0 aliphatic heterocycles. The molecule has 2 heterocycles. The van der Waals surface area contributed by atoms with E-state index in [-0.39, 0.29) is 11.4 Å². The highest BCUT2D eigenvalue weighted by Crippen LogP contribution is 2.21. The third-order valence-corrected chi connectivity index (χ3v) is 3.06. The van der Waals surface area contributed by atoms with E-state index in [4.69, 9.17) is 0 Å². The summed E-state index contributed by atoms with van der Waals surface area (Å²) < 4.78 is 1.03. The maximum Gasteiger partial charge on any atom is 0.295 e. The molecule has 22 heavy (non-hydrogen) atoms. The minimum Gasteiger partial charge on any atom is -0.267 e. The van der Waals surface area contributed by atoms with Crippen LogP contribution in [0.4, 0.5) is 5.69 Å². The zero-order chi connectivity index (χ0) is 15.5. The fourth-order valence-corrected chi connectivity index (χ4v) is 2.05. The second-order valence-corrected chi connectivity index (χ2v) is 4.46. The summed E-state index contributed by atoms with van der Waals surface area (Å²) in [4.78, 5) is 26.6. The van der Waals surface area contributed by atoms with Gasteiger partial charge in [-0.25, -0.2) is 0 Å². The molecular weight excluding hydrogens is 284 g/mol. The summed E-state index contributed by atoms with van der Waals surface area (Å²) >= 11 is 0. The van der Waals surface area contributed by atoms with Crippen LogP contribution in [0.1, 0.15) is 0 Å². The molecule has 3 rings (SSSR count). The maximum atomic E-state index is 12.0. The highest BCUT2D eigenvalue weighted by Gasteiger charge is 2.16. The summed E-state index contributed by atoms with van der Waals surface area (Å²) in [6.45, 7) is 0. The van der Waals surface area contributed by atoms with Crippen LogP contribution in [0.5, 0.6) is 0 Å². The number of hydrogen-bond acceptors (Lipinski definition) is 5. The number of aromatic nitrogens is 3. The molecule has 0 aliphatic rings. The third-order valence-electron chi connectivity index (χ3n) is 3.06. The van der Waals surface area contributed by atoms with Crippen LogP contribution in [0, 0.1) is 10.1 Å². The zero-order valence-electron chi connectivity index (χ0n) is 11.3. The van der Waals surface area contributed by atoms with Gasteiger partial charge in [-0.1, -0.05) is 12.1 Å². The van der Waals surface area contributed by atoms with E-state index >= 15 is 0 Å². The first-order valence-electron chi connectivity index (χ1n) is 6.41. The number of nitro groups is 1. The maximum absolute atomic E-state index is 12.0. The number of para-hydroxylation sites is 2. The van der Waals surface area contributed by atoms with Crippen molar-refractivity contribution in [3.05, 3.63) is 81.4 Å². The van der Waals surface area contributed by atoms with E-state index in [1.54, 1.807) is 36.7 Å². The summed E-state index contributed by atoms with van der Waals surface area (Å²) in [5.41, 5.74) is 0.728. The molecule has 7 heteroatoms. The van der Waals surface area contributed by atoms with E-state index in [0.29, 0.717) is 5.69 Å². The van der Waals surface area contributed by atoms with Crippen molar-refractivity contribution < 1.29 is 4.92 Å². The average molecular weight is 294 g/mol. The van der Waals surface area contributed by atoms with Crippen molar-refractivity contribution in [1.82, 2.24) is 14.8 Å². The predicted molar refractivity (Wildman–Crippen MR) is 79.7 cm³/mol. The third kappa shape index (κ3) is 2.47. The fourth-order valence-electron chi connectivity index (χ4n) is 2.05. The SMILES string of the molecule is O=c1ccc(-c2cccnc2)nn1-c1ccccc1[N+](=O)[O-]. The molecule has 0 N–H and O–H groups in total. The lowest BCUT2D eigenvalue weighted by atomic mass is 10.2. The highest BCUT2D eigenvalue weighted by molar-refractivity contribution is 5.58. The smallest absolute Gasteiger partial charge is 0.267 e.